The average molecular weight is 428 g/mol. The summed E-state index contributed by atoms with van der Waals surface area (Å²) in [5.74, 6) is -0.441. The van der Waals surface area contributed by atoms with Gasteiger partial charge in [0.1, 0.15) is 0 Å². The van der Waals surface area contributed by atoms with E-state index in [2.05, 4.69) is 25.5 Å². The van der Waals surface area contributed by atoms with Gasteiger partial charge in [-0.15, -0.1) is 16.4 Å². The van der Waals surface area contributed by atoms with Crippen LogP contribution in [0.5, 0.6) is 0 Å². The number of carboxylic acids is 1. The van der Waals surface area contributed by atoms with Crippen LogP contribution in [0.1, 0.15) is 32.3 Å². The number of ether oxygens (including phenoxy) is 1. The predicted molar refractivity (Wildman–Crippen MR) is 112 cm³/mol. The highest BCUT2D eigenvalue weighted by atomic mass is 32.1. The van der Waals surface area contributed by atoms with E-state index in [0.29, 0.717) is 23.9 Å². The zero-order valence-corrected chi connectivity index (χ0v) is 17.3. The Bertz CT molecular complexity index is 1150. The fourth-order valence-corrected chi connectivity index (χ4v) is 4.48. The molecule has 3 heterocycles. The Morgan fingerprint density at radius 1 is 1.24 bits per heavy atom. The zero-order valence-electron chi connectivity index (χ0n) is 15.7. The number of thiazole rings is 2. The molecule has 148 valence electrons. The zero-order chi connectivity index (χ0) is 20.4. The van der Waals surface area contributed by atoms with E-state index in [0.717, 1.165) is 32.2 Å². The fourth-order valence-electron chi connectivity index (χ4n) is 2.85. The molecule has 0 amide bonds. The molecule has 0 saturated carbocycles. The molecule has 0 aliphatic carbocycles. The Balaban J connectivity index is 1.64. The summed E-state index contributed by atoms with van der Waals surface area (Å²) < 4.78 is 6.46. The quantitative estimate of drug-likeness (QED) is 0.455. The van der Waals surface area contributed by atoms with Crippen LogP contribution in [-0.2, 0) is 17.8 Å². The number of para-hydroxylation sites is 1. The highest BCUT2D eigenvalue weighted by Crippen LogP contribution is 2.30. The molecule has 0 bridgehead atoms. The van der Waals surface area contributed by atoms with Crippen LogP contribution in [-0.4, -0.2) is 38.4 Å². The summed E-state index contributed by atoms with van der Waals surface area (Å²) >= 11 is 2.84. The minimum Gasteiger partial charge on any atom is -0.476 e. The van der Waals surface area contributed by atoms with E-state index in [1.807, 2.05) is 31.2 Å². The molecule has 1 aromatic carbocycles. The topological polar surface area (TPSA) is 110 Å². The number of carbonyl (C=O) groups is 1. The fraction of sp³-hybridized carbons (Fsp3) is 0.211. The van der Waals surface area contributed by atoms with Crippen molar-refractivity contribution >= 4 is 49.8 Å². The van der Waals surface area contributed by atoms with Gasteiger partial charge in [0.15, 0.2) is 16.6 Å². The molecule has 3 aromatic heterocycles. The summed E-state index contributed by atoms with van der Waals surface area (Å²) in [4.78, 5) is 19.8. The summed E-state index contributed by atoms with van der Waals surface area (Å²) in [5.41, 5.74) is 3.51. The van der Waals surface area contributed by atoms with Crippen LogP contribution in [0.4, 0.5) is 10.9 Å². The highest BCUT2D eigenvalue weighted by Gasteiger charge is 2.17. The van der Waals surface area contributed by atoms with Crippen molar-refractivity contribution < 1.29 is 14.6 Å². The molecule has 0 spiro atoms. The lowest BCUT2D eigenvalue weighted by Gasteiger charge is -2.13. The van der Waals surface area contributed by atoms with E-state index < -0.39 is 5.97 Å². The summed E-state index contributed by atoms with van der Waals surface area (Å²) in [7, 11) is 1.63. The van der Waals surface area contributed by atoms with Crippen molar-refractivity contribution in [1.82, 2.24) is 20.2 Å². The van der Waals surface area contributed by atoms with Gasteiger partial charge < -0.3 is 15.2 Å². The van der Waals surface area contributed by atoms with E-state index >= 15 is 0 Å². The van der Waals surface area contributed by atoms with Crippen LogP contribution >= 0.6 is 22.7 Å². The predicted octanol–water partition coefficient (Wildman–Crippen LogP) is 4.03. The number of hydrogen-bond donors (Lipinski definition) is 2. The van der Waals surface area contributed by atoms with Crippen LogP contribution in [0.15, 0.2) is 29.6 Å². The molecule has 4 rings (SSSR count). The molecular formula is C19H17N5O3S2. The summed E-state index contributed by atoms with van der Waals surface area (Å²) in [6.45, 7) is 2.31. The second-order valence-electron chi connectivity index (χ2n) is 6.25. The first-order valence-corrected chi connectivity index (χ1v) is 10.4. The number of anilines is 2. The monoisotopic (exact) mass is 427 g/mol. The van der Waals surface area contributed by atoms with Crippen LogP contribution in [0.25, 0.3) is 10.2 Å². The van der Waals surface area contributed by atoms with Gasteiger partial charge in [0, 0.05) is 24.5 Å². The third-order valence-electron chi connectivity index (χ3n) is 4.34. The van der Waals surface area contributed by atoms with Gasteiger partial charge in [0.25, 0.3) is 0 Å². The maximum atomic E-state index is 11.0. The Morgan fingerprint density at radius 2 is 2.07 bits per heavy atom. The number of aromatic carboxylic acids is 1. The van der Waals surface area contributed by atoms with E-state index in [9.17, 15) is 4.79 Å². The Labute approximate surface area is 174 Å². The molecule has 29 heavy (non-hydrogen) atoms. The molecule has 0 saturated heterocycles. The number of nitrogens with zero attached hydrogens (tertiary/aromatic N) is 4. The molecule has 2 N–H and O–H groups in total. The van der Waals surface area contributed by atoms with Crippen LogP contribution in [0.3, 0.4) is 0 Å². The van der Waals surface area contributed by atoms with Gasteiger partial charge in [0.05, 0.1) is 27.5 Å². The minimum absolute atomic E-state index is 0.0434. The Morgan fingerprint density at radius 3 is 2.79 bits per heavy atom. The molecule has 0 fully saturated rings. The van der Waals surface area contributed by atoms with Crippen molar-refractivity contribution in [2.45, 2.75) is 20.0 Å². The van der Waals surface area contributed by atoms with Gasteiger partial charge in [-0.1, -0.05) is 23.5 Å². The van der Waals surface area contributed by atoms with Crippen molar-refractivity contribution in [1.29, 1.82) is 0 Å². The lowest BCUT2D eigenvalue weighted by atomic mass is 10.1. The summed E-state index contributed by atoms with van der Waals surface area (Å²) in [6, 6.07) is 7.92. The van der Waals surface area contributed by atoms with Gasteiger partial charge in [-0.2, -0.15) is 5.10 Å². The number of methoxy groups -OCH3 is 1. The maximum Gasteiger partial charge on any atom is 0.355 e. The van der Waals surface area contributed by atoms with Gasteiger partial charge in [-0.25, -0.2) is 14.8 Å². The average Bonchev–Trinajstić information content (AvgIpc) is 3.33. The highest BCUT2D eigenvalue weighted by molar-refractivity contribution is 7.22. The van der Waals surface area contributed by atoms with Crippen LogP contribution < -0.4 is 5.32 Å². The Kier molecular flexibility index (Phi) is 5.47. The van der Waals surface area contributed by atoms with Crippen molar-refractivity contribution in [3.63, 3.8) is 0 Å². The first kappa shape index (κ1) is 19.4. The van der Waals surface area contributed by atoms with Crippen molar-refractivity contribution in [3.8, 4) is 0 Å². The molecule has 10 heteroatoms. The molecule has 0 radical (unpaired) electrons. The number of hydrogen-bond acceptors (Lipinski definition) is 9. The molecule has 0 aliphatic heterocycles. The van der Waals surface area contributed by atoms with Gasteiger partial charge in [-0.3, -0.25) is 0 Å². The lowest BCUT2D eigenvalue weighted by molar-refractivity contribution is 0.0691. The number of carboxylic acid groups (broad SMARTS) is 1. The van der Waals surface area contributed by atoms with Crippen LogP contribution in [0, 0.1) is 6.92 Å². The number of rotatable bonds is 7. The summed E-state index contributed by atoms with van der Waals surface area (Å²) in [5, 5.41) is 23.9. The number of fused-ring (bicyclic) bond motifs is 1. The van der Waals surface area contributed by atoms with Crippen molar-refractivity contribution in [3.05, 3.63) is 57.2 Å². The number of aromatic nitrogens is 4. The second kappa shape index (κ2) is 8.19. The van der Waals surface area contributed by atoms with Gasteiger partial charge >= 0.3 is 5.97 Å². The molecular weight excluding hydrogens is 410 g/mol. The lowest BCUT2D eigenvalue weighted by Crippen LogP contribution is -2.09. The van der Waals surface area contributed by atoms with E-state index in [4.69, 9.17) is 9.84 Å². The first-order valence-electron chi connectivity index (χ1n) is 8.69. The minimum atomic E-state index is -1.04. The number of benzene rings is 1. The van der Waals surface area contributed by atoms with Crippen molar-refractivity contribution in [2.24, 2.45) is 0 Å². The van der Waals surface area contributed by atoms with E-state index in [-0.39, 0.29) is 5.69 Å². The third-order valence-corrected chi connectivity index (χ3v) is 6.14. The first-order chi connectivity index (χ1) is 14.0. The smallest absolute Gasteiger partial charge is 0.355 e. The normalized spacial score (nSPS) is 11.1. The summed E-state index contributed by atoms with van der Waals surface area (Å²) in [6.07, 6.45) is 0.412. The molecule has 4 aromatic rings. The third kappa shape index (κ3) is 4.09. The molecule has 0 aliphatic rings. The number of nitrogens with one attached hydrogen (secondary N) is 1. The molecule has 8 nitrogen and oxygen atoms in total. The second-order valence-corrected chi connectivity index (χ2v) is 8.23. The standard InChI is InChI=1S/C19H17N5O3S2/c1-10-11(8-27-2)17(22-19-21-12-5-3-4-6-15(12)29-19)24-23-13(10)7-16-20-14(9-28-16)18(25)26/h3-6,9H,7-8H2,1-2H3,(H,25,26)(H,21,22,24). The molecule has 0 unspecified atom stereocenters. The Hall–Kier alpha value is -2.95. The van der Waals surface area contributed by atoms with Gasteiger partial charge in [0.2, 0.25) is 0 Å². The van der Waals surface area contributed by atoms with Crippen molar-refractivity contribution in [2.75, 3.05) is 12.4 Å². The largest absolute Gasteiger partial charge is 0.476 e. The molecule has 0 atom stereocenters. The SMILES string of the molecule is COCc1c(Nc2nc3ccccc3s2)nnc(Cc2nc(C(=O)O)cs2)c1C. The maximum absolute atomic E-state index is 11.0. The van der Waals surface area contributed by atoms with Gasteiger partial charge in [-0.05, 0) is 24.6 Å². The van der Waals surface area contributed by atoms with E-state index in [1.165, 1.54) is 16.7 Å². The van der Waals surface area contributed by atoms with E-state index in [1.54, 1.807) is 18.4 Å². The van der Waals surface area contributed by atoms with Crippen LogP contribution in [0.2, 0.25) is 0 Å².